The Morgan fingerprint density at radius 1 is 1.20 bits per heavy atom. The Kier molecular flexibility index (Phi) is 3.98. The predicted octanol–water partition coefficient (Wildman–Crippen LogP) is 3.23. The minimum absolute atomic E-state index is 0.707. The van der Waals surface area contributed by atoms with Gasteiger partial charge in [-0.15, -0.1) is 0 Å². The summed E-state index contributed by atoms with van der Waals surface area (Å²) in [5.74, 6) is 0. The second kappa shape index (κ2) is 5.72. The van der Waals surface area contributed by atoms with Crippen LogP contribution in [0.25, 0.3) is 6.08 Å². The summed E-state index contributed by atoms with van der Waals surface area (Å²) in [4.78, 5) is 0. The zero-order valence-corrected chi connectivity index (χ0v) is 9.15. The van der Waals surface area contributed by atoms with Crippen LogP contribution in [0, 0.1) is 0 Å². The maximum atomic E-state index is 3.55. The summed E-state index contributed by atoms with van der Waals surface area (Å²) in [6, 6.07) is 11.2. The third kappa shape index (κ3) is 3.52. The van der Waals surface area contributed by atoms with Crippen molar-refractivity contribution in [2.24, 2.45) is 0 Å². The van der Waals surface area contributed by atoms with Gasteiger partial charge in [0, 0.05) is 6.04 Å². The molecule has 1 aromatic carbocycles. The summed E-state index contributed by atoms with van der Waals surface area (Å²) >= 11 is 0. The van der Waals surface area contributed by atoms with Gasteiger partial charge in [0.05, 0.1) is 0 Å². The van der Waals surface area contributed by atoms with Crippen molar-refractivity contribution in [2.75, 3.05) is 6.54 Å². The van der Waals surface area contributed by atoms with Crippen LogP contribution >= 0.6 is 0 Å². The molecule has 15 heavy (non-hydrogen) atoms. The van der Waals surface area contributed by atoms with Crippen molar-refractivity contribution >= 4 is 6.08 Å². The number of nitrogens with one attached hydrogen (secondary N) is 1. The quantitative estimate of drug-likeness (QED) is 0.791. The second-order valence-corrected chi connectivity index (χ2v) is 4.20. The molecule has 0 spiro atoms. The summed E-state index contributed by atoms with van der Waals surface area (Å²) in [5, 5.41) is 3.55. The molecule has 0 bridgehead atoms. The predicted molar refractivity (Wildman–Crippen MR) is 65.7 cm³/mol. The van der Waals surface area contributed by atoms with Crippen molar-refractivity contribution in [1.82, 2.24) is 5.32 Å². The van der Waals surface area contributed by atoms with Crippen molar-refractivity contribution < 1.29 is 0 Å². The van der Waals surface area contributed by atoms with E-state index < -0.39 is 0 Å². The highest BCUT2D eigenvalue weighted by molar-refractivity contribution is 5.48. The van der Waals surface area contributed by atoms with Crippen molar-refractivity contribution in [2.45, 2.75) is 31.7 Å². The highest BCUT2D eigenvalue weighted by atomic mass is 14.9. The maximum Gasteiger partial charge on any atom is 0.0102 e. The van der Waals surface area contributed by atoms with Gasteiger partial charge in [0.1, 0.15) is 0 Å². The van der Waals surface area contributed by atoms with Gasteiger partial charge in [0.15, 0.2) is 0 Å². The van der Waals surface area contributed by atoms with Crippen molar-refractivity contribution in [3.05, 3.63) is 42.0 Å². The Bertz CT molecular complexity index is 296. The molecule has 0 radical (unpaired) electrons. The van der Waals surface area contributed by atoms with Crippen LogP contribution in [0.1, 0.15) is 31.2 Å². The largest absolute Gasteiger partial charge is 0.314 e. The smallest absolute Gasteiger partial charge is 0.0102 e. The first-order valence-electron chi connectivity index (χ1n) is 5.90. The molecular formula is C14H19N. The molecule has 0 aromatic heterocycles. The minimum Gasteiger partial charge on any atom is -0.314 e. The number of benzene rings is 1. The van der Waals surface area contributed by atoms with E-state index in [-0.39, 0.29) is 0 Å². The Balaban J connectivity index is 1.79. The fourth-order valence-electron chi connectivity index (χ4n) is 2.06. The average molecular weight is 201 g/mol. The van der Waals surface area contributed by atoms with Gasteiger partial charge < -0.3 is 5.32 Å². The molecule has 80 valence electrons. The molecule has 1 heteroatoms. The molecule has 1 aliphatic rings. The molecule has 0 saturated carbocycles. The van der Waals surface area contributed by atoms with Crippen LogP contribution in [0.15, 0.2) is 36.4 Å². The number of rotatable bonds is 3. The molecular weight excluding hydrogens is 182 g/mol. The van der Waals surface area contributed by atoms with E-state index in [0.717, 1.165) is 6.42 Å². The summed E-state index contributed by atoms with van der Waals surface area (Å²) in [6.45, 7) is 1.20. The highest BCUT2D eigenvalue weighted by Gasteiger charge is 2.09. The Hall–Kier alpha value is -1.08. The van der Waals surface area contributed by atoms with Gasteiger partial charge >= 0.3 is 0 Å². The van der Waals surface area contributed by atoms with Crippen LogP contribution in [-0.2, 0) is 0 Å². The molecule has 1 aromatic rings. The fourth-order valence-corrected chi connectivity index (χ4v) is 2.06. The summed E-state index contributed by atoms with van der Waals surface area (Å²) in [5.41, 5.74) is 1.30. The van der Waals surface area contributed by atoms with Gasteiger partial charge in [0.25, 0.3) is 0 Å². The van der Waals surface area contributed by atoms with E-state index in [2.05, 4.69) is 47.8 Å². The first-order valence-corrected chi connectivity index (χ1v) is 5.90. The molecule has 0 amide bonds. The zero-order chi connectivity index (χ0) is 10.3. The Morgan fingerprint density at radius 2 is 2.07 bits per heavy atom. The van der Waals surface area contributed by atoms with Gasteiger partial charge in [-0.3, -0.25) is 0 Å². The van der Waals surface area contributed by atoms with E-state index in [0.29, 0.717) is 6.04 Å². The first-order chi connectivity index (χ1) is 7.45. The molecule has 1 N–H and O–H groups in total. The molecule has 1 atom stereocenters. The first kappa shape index (κ1) is 10.4. The highest BCUT2D eigenvalue weighted by Crippen LogP contribution is 2.11. The van der Waals surface area contributed by atoms with E-state index in [1.807, 2.05) is 0 Å². The van der Waals surface area contributed by atoms with E-state index in [9.17, 15) is 0 Å². The topological polar surface area (TPSA) is 12.0 Å². The van der Waals surface area contributed by atoms with Crippen LogP contribution in [0.2, 0.25) is 0 Å². The summed E-state index contributed by atoms with van der Waals surface area (Å²) in [6.07, 6.45) is 9.73. The van der Waals surface area contributed by atoms with E-state index in [1.165, 1.54) is 31.4 Å². The Labute approximate surface area is 92.2 Å². The van der Waals surface area contributed by atoms with Gasteiger partial charge in [0.2, 0.25) is 0 Å². The third-order valence-corrected chi connectivity index (χ3v) is 2.94. The Morgan fingerprint density at radius 3 is 2.80 bits per heavy atom. The van der Waals surface area contributed by atoms with E-state index in [4.69, 9.17) is 0 Å². The monoisotopic (exact) mass is 201 g/mol. The number of hydrogen-bond donors (Lipinski definition) is 1. The average Bonchev–Trinajstić information content (AvgIpc) is 2.32. The van der Waals surface area contributed by atoms with Crippen molar-refractivity contribution in [3.63, 3.8) is 0 Å². The molecule has 1 saturated heterocycles. The van der Waals surface area contributed by atoms with Gasteiger partial charge in [-0.05, 0) is 31.4 Å². The molecule has 0 aliphatic carbocycles. The SMILES string of the molecule is C(=C\c1ccccc1)/C[C@H]1CCCCN1. The zero-order valence-electron chi connectivity index (χ0n) is 9.15. The minimum atomic E-state index is 0.707. The van der Waals surface area contributed by atoms with Gasteiger partial charge in [-0.25, -0.2) is 0 Å². The molecule has 1 fully saturated rings. The fraction of sp³-hybridized carbons (Fsp3) is 0.429. The molecule has 1 aliphatic heterocycles. The normalized spacial score (nSPS) is 22.0. The summed E-state index contributed by atoms with van der Waals surface area (Å²) in [7, 11) is 0. The van der Waals surface area contributed by atoms with Crippen LogP contribution in [0.5, 0.6) is 0 Å². The third-order valence-electron chi connectivity index (χ3n) is 2.94. The lowest BCUT2D eigenvalue weighted by Gasteiger charge is -2.21. The van der Waals surface area contributed by atoms with E-state index >= 15 is 0 Å². The van der Waals surface area contributed by atoms with Crippen molar-refractivity contribution in [3.8, 4) is 0 Å². The lowest BCUT2D eigenvalue weighted by Crippen LogP contribution is -2.33. The van der Waals surface area contributed by atoms with Gasteiger partial charge in [-0.1, -0.05) is 48.9 Å². The van der Waals surface area contributed by atoms with Crippen LogP contribution in [0.3, 0.4) is 0 Å². The van der Waals surface area contributed by atoms with Gasteiger partial charge in [-0.2, -0.15) is 0 Å². The molecule has 1 nitrogen and oxygen atoms in total. The van der Waals surface area contributed by atoms with E-state index in [1.54, 1.807) is 0 Å². The number of piperidine rings is 1. The van der Waals surface area contributed by atoms with Crippen LogP contribution in [0.4, 0.5) is 0 Å². The lowest BCUT2D eigenvalue weighted by molar-refractivity contribution is 0.404. The molecule has 1 heterocycles. The standard InChI is InChI=1S/C14H19N/c1-2-7-13(8-3-1)9-6-11-14-10-4-5-12-15-14/h1-3,6-9,14-15H,4-5,10-12H2/b9-6+/t14-/m1/s1. The molecule has 0 unspecified atom stereocenters. The summed E-state index contributed by atoms with van der Waals surface area (Å²) < 4.78 is 0. The van der Waals surface area contributed by atoms with Crippen molar-refractivity contribution in [1.29, 1.82) is 0 Å². The second-order valence-electron chi connectivity index (χ2n) is 4.20. The van der Waals surface area contributed by atoms with Crippen LogP contribution in [-0.4, -0.2) is 12.6 Å². The maximum absolute atomic E-state index is 3.55. The number of hydrogen-bond acceptors (Lipinski definition) is 1. The van der Waals surface area contributed by atoms with Crippen LogP contribution < -0.4 is 5.32 Å². The molecule has 2 rings (SSSR count). The lowest BCUT2D eigenvalue weighted by atomic mass is 10.0.